The smallest absolute Gasteiger partial charge is 0.162 e. The van der Waals surface area contributed by atoms with Crippen molar-refractivity contribution in [3.8, 4) is 0 Å². The molecule has 0 amide bonds. The van der Waals surface area contributed by atoms with Crippen LogP contribution < -0.4 is 0 Å². The minimum Gasteiger partial charge on any atom is -0.162 e. The lowest BCUT2D eigenvalue weighted by molar-refractivity contribution is 0.142. The third-order valence-electron chi connectivity index (χ3n) is 0.750. The predicted molar refractivity (Wildman–Crippen MR) is 35.7 cm³/mol. The van der Waals surface area contributed by atoms with Gasteiger partial charge in [-0.2, -0.15) is 13.2 Å². The van der Waals surface area contributed by atoms with Crippen LogP contribution in [0.4, 0.5) is 13.2 Å². The van der Waals surface area contributed by atoms with Crippen LogP contribution in [0.1, 0.15) is 25.7 Å². The zero-order valence-corrected chi connectivity index (χ0v) is 5.88. The molecule has 0 aliphatic heterocycles. The molecule has 0 fully saturated rings. The molecule has 0 atom stereocenters. The van der Waals surface area contributed by atoms with Crippen LogP contribution in [0.3, 0.4) is 0 Å². The van der Waals surface area contributed by atoms with E-state index in [2.05, 4.69) is 13.8 Å². The first-order valence-electron chi connectivity index (χ1n) is 3.07. The first kappa shape index (κ1) is 12.5. The minimum atomic E-state index is -3.08. The molecule has 0 saturated carbocycles. The molecule has 61 valence electrons. The third kappa shape index (κ3) is 46.1. The fraction of sp³-hybridized carbons (Fsp3) is 0.571. The van der Waals surface area contributed by atoms with Crippen LogP contribution in [-0.2, 0) is 0 Å². The van der Waals surface area contributed by atoms with Crippen LogP contribution in [0.15, 0.2) is 0 Å². The summed E-state index contributed by atoms with van der Waals surface area (Å²) in [6, 6.07) is 0. The number of rotatable bonds is 3. The highest BCUT2D eigenvalue weighted by molar-refractivity contribution is 4.43. The van der Waals surface area contributed by atoms with E-state index in [9.17, 15) is 13.2 Å². The Balaban J connectivity index is 0. The van der Waals surface area contributed by atoms with E-state index >= 15 is 0 Å². The number of unbranched alkanes of at least 4 members (excludes halogenated alkanes) is 3. The third-order valence-corrected chi connectivity index (χ3v) is 0.750. The summed E-state index contributed by atoms with van der Waals surface area (Å²) in [4.78, 5) is 0. The molecule has 0 aromatic rings. The maximum atomic E-state index is 9.58. The largest absolute Gasteiger partial charge is 0.487 e. The van der Waals surface area contributed by atoms with E-state index in [1.165, 1.54) is 12.8 Å². The van der Waals surface area contributed by atoms with Gasteiger partial charge in [-0.15, -0.1) is 0 Å². The summed E-state index contributed by atoms with van der Waals surface area (Å²) in [6.45, 7) is 4.31. The highest BCUT2D eigenvalue weighted by Crippen LogP contribution is 1.99. The summed E-state index contributed by atoms with van der Waals surface area (Å²) in [5.74, 6) is 0. The zero-order chi connectivity index (χ0) is 8.41. The molecule has 0 saturated heterocycles. The maximum absolute atomic E-state index is 9.58. The van der Waals surface area contributed by atoms with Gasteiger partial charge < -0.3 is 0 Å². The van der Waals surface area contributed by atoms with Gasteiger partial charge in [0.2, 0.25) is 0 Å². The first-order valence-corrected chi connectivity index (χ1v) is 3.07. The van der Waals surface area contributed by atoms with Crippen molar-refractivity contribution >= 4 is 0 Å². The summed E-state index contributed by atoms with van der Waals surface area (Å²) in [5, 5.41) is 0. The van der Waals surface area contributed by atoms with E-state index in [4.69, 9.17) is 0 Å². The summed E-state index contributed by atoms with van der Waals surface area (Å²) in [5.41, 5.74) is 0. The van der Waals surface area contributed by atoms with Gasteiger partial charge in [0.05, 0.1) is 0 Å². The average Bonchev–Trinajstić information content (AvgIpc) is 1.82. The van der Waals surface area contributed by atoms with Gasteiger partial charge >= 0.3 is 6.68 Å². The monoisotopic (exact) mass is 153 g/mol. The lowest BCUT2D eigenvalue weighted by Gasteiger charge is -1.85. The fourth-order valence-electron chi connectivity index (χ4n) is 0.354. The fourth-order valence-corrected chi connectivity index (χ4v) is 0.354. The van der Waals surface area contributed by atoms with Crippen LogP contribution in [0.2, 0.25) is 0 Å². The maximum Gasteiger partial charge on any atom is 0.487 e. The van der Waals surface area contributed by atoms with Crippen molar-refractivity contribution in [2.45, 2.75) is 25.7 Å². The predicted octanol–water partition coefficient (Wildman–Crippen LogP) is 3.56. The molecular formula is C7H12F3. The Labute approximate surface area is 60.4 Å². The van der Waals surface area contributed by atoms with Crippen LogP contribution in [0, 0.1) is 20.5 Å². The van der Waals surface area contributed by atoms with Crippen molar-refractivity contribution in [2.24, 2.45) is 0 Å². The van der Waals surface area contributed by atoms with Crippen LogP contribution in [-0.4, -0.2) is 0 Å². The van der Waals surface area contributed by atoms with Gasteiger partial charge in [-0.05, 0) is 0 Å². The second kappa shape index (κ2) is 11.6. The van der Waals surface area contributed by atoms with E-state index in [-0.39, 0.29) is 0 Å². The van der Waals surface area contributed by atoms with E-state index in [0.717, 1.165) is 12.8 Å². The molecule has 0 rings (SSSR count). The Morgan fingerprint density at radius 2 is 1.10 bits per heavy atom. The van der Waals surface area contributed by atoms with Gasteiger partial charge in [-0.1, -0.05) is 39.5 Å². The Bertz CT molecular complexity index is 39.4. The minimum absolute atomic E-state index is 1.06. The molecule has 0 aliphatic carbocycles. The standard InChI is InChI=1S/C6H12.CF3/c1-3-5-6-4-2;2-1(3)4/h1-6H2;. The van der Waals surface area contributed by atoms with Gasteiger partial charge in [-0.25, -0.2) is 0 Å². The molecule has 3 heteroatoms. The van der Waals surface area contributed by atoms with Gasteiger partial charge in [-0.3, -0.25) is 0 Å². The number of halogens is 3. The molecule has 3 radical (unpaired) electrons. The molecule has 0 aromatic heterocycles. The highest BCUT2D eigenvalue weighted by atomic mass is 19.4. The van der Waals surface area contributed by atoms with E-state index in [1.54, 1.807) is 0 Å². The quantitative estimate of drug-likeness (QED) is 0.544. The summed E-state index contributed by atoms with van der Waals surface area (Å²) < 4.78 is 28.8. The Morgan fingerprint density at radius 3 is 1.20 bits per heavy atom. The molecule has 0 bridgehead atoms. The van der Waals surface area contributed by atoms with Crippen molar-refractivity contribution in [1.29, 1.82) is 0 Å². The van der Waals surface area contributed by atoms with Crippen LogP contribution in [0.5, 0.6) is 0 Å². The van der Waals surface area contributed by atoms with Gasteiger partial charge in [0.1, 0.15) is 0 Å². The van der Waals surface area contributed by atoms with Crippen molar-refractivity contribution in [3.63, 3.8) is 0 Å². The molecule has 0 unspecified atom stereocenters. The zero-order valence-electron chi connectivity index (χ0n) is 5.88. The van der Waals surface area contributed by atoms with Crippen LogP contribution in [0.25, 0.3) is 0 Å². The Kier molecular flexibility index (Phi) is 14.4. The molecule has 0 aromatic carbocycles. The molecule has 10 heavy (non-hydrogen) atoms. The van der Waals surface area contributed by atoms with Crippen LogP contribution >= 0.6 is 0 Å². The average molecular weight is 153 g/mol. The summed E-state index contributed by atoms with van der Waals surface area (Å²) >= 11 is 0. The number of hydrogen-bond donors (Lipinski definition) is 0. The van der Waals surface area contributed by atoms with Crippen molar-refractivity contribution in [2.75, 3.05) is 0 Å². The first-order chi connectivity index (χ1) is 4.65. The van der Waals surface area contributed by atoms with Crippen molar-refractivity contribution in [3.05, 3.63) is 20.5 Å². The summed E-state index contributed by atoms with van der Waals surface area (Å²) in [6.07, 6.45) is 4.61. The van der Waals surface area contributed by atoms with Gasteiger partial charge in [0.15, 0.2) is 0 Å². The molecular weight excluding hydrogens is 141 g/mol. The van der Waals surface area contributed by atoms with Crippen molar-refractivity contribution < 1.29 is 13.2 Å². The molecule has 0 heterocycles. The SMILES string of the molecule is F[C](F)F.[CH2]CCCC[CH2]. The molecule has 0 nitrogen and oxygen atoms in total. The van der Waals surface area contributed by atoms with E-state index in [0.29, 0.717) is 0 Å². The molecule has 0 spiro atoms. The topological polar surface area (TPSA) is 0 Å². The van der Waals surface area contributed by atoms with Gasteiger partial charge in [0, 0.05) is 0 Å². The van der Waals surface area contributed by atoms with E-state index in [1.807, 2.05) is 0 Å². The number of hydrogen-bond acceptors (Lipinski definition) is 0. The Morgan fingerprint density at radius 1 is 0.900 bits per heavy atom. The normalized spacial score (nSPS) is 9.00. The van der Waals surface area contributed by atoms with Crippen molar-refractivity contribution in [1.82, 2.24) is 0 Å². The lowest BCUT2D eigenvalue weighted by atomic mass is 10.2. The summed E-state index contributed by atoms with van der Waals surface area (Å²) in [7, 11) is 0. The second-order valence-electron chi connectivity index (χ2n) is 1.63. The lowest BCUT2D eigenvalue weighted by Crippen LogP contribution is -1.66. The highest BCUT2D eigenvalue weighted by Gasteiger charge is 1.93. The second-order valence-corrected chi connectivity index (χ2v) is 1.63. The molecule has 0 N–H and O–H groups in total. The Hall–Kier alpha value is -0.210. The van der Waals surface area contributed by atoms with E-state index < -0.39 is 6.68 Å². The molecule has 0 aliphatic rings. The van der Waals surface area contributed by atoms with Gasteiger partial charge in [0.25, 0.3) is 0 Å².